The lowest BCUT2D eigenvalue weighted by molar-refractivity contribution is -0.143. The van der Waals surface area contributed by atoms with E-state index in [1.54, 1.807) is 0 Å². The number of hydrogen-bond acceptors (Lipinski definition) is 3. The summed E-state index contributed by atoms with van der Waals surface area (Å²) in [7, 11) is 0. The van der Waals surface area contributed by atoms with Crippen LogP contribution in [0.2, 0.25) is 0 Å². The van der Waals surface area contributed by atoms with E-state index in [2.05, 4.69) is 84.1 Å². The number of esters is 1. The molecular formula is C45H72O3. The molecule has 0 bridgehead atoms. The normalized spacial score (nSPS) is 32.4. The maximum atomic E-state index is 13.2. The van der Waals surface area contributed by atoms with Gasteiger partial charge in [-0.2, -0.15) is 0 Å². The summed E-state index contributed by atoms with van der Waals surface area (Å²) in [5, 5.41) is 10.8. The van der Waals surface area contributed by atoms with E-state index in [-0.39, 0.29) is 11.4 Å². The second-order valence-corrected chi connectivity index (χ2v) is 17.0. The molecule has 0 saturated heterocycles. The second-order valence-electron chi connectivity index (χ2n) is 17.0. The van der Waals surface area contributed by atoms with E-state index < -0.39 is 6.10 Å². The molecule has 4 rings (SSSR count). The molecule has 48 heavy (non-hydrogen) atoms. The van der Waals surface area contributed by atoms with Gasteiger partial charge in [0.15, 0.2) is 0 Å². The van der Waals surface area contributed by atoms with Crippen LogP contribution in [0.3, 0.4) is 0 Å². The third-order valence-corrected chi connectivity index (χ3v) is 13.2. The van der Waals surface area contributed by atoms with Gasteiger partial charge in [-0.3, -0.25) is 4.79 Å². The number of unbranched alkanes of at least 4 members (excludes halogenated alkanes) is 5. The summed E-state index contributed by atoms with van der Waals surface area (Å²) >= 11 is 0. The molecule has 2 fully saturated rings. The van der Waals surface area contributed by atoms with Crippen molar-refractivity contribution in [2.24, 2.45) is 46.3 Å². The molecule has 0 amide bonds. The predicted molar refractivity (Wildman–Crippen MR) is 203 cm³/mol. The van der Waals surface area contributed by atoms with Gasteiger partial charge >= 0.3 is 5.97 Å². The highest BCUT2D eigenvalue weighted by Crippen LogP contribution is 2.67. The molecule has 0 spiro atoms. The number of allylic oxidation sites excluding steroid dienone is 8. The van der Waals surface area contributed by atoms with Crippen LogP contribution in [0, 0.1) is 46.3 Å². The largest absolute Gasteiger partial charge is 0.430 e. The molecule has 270 valence electrons. The maximum Gasteiger partial charge on any atom is 0.310 e. The Balaban J connectivity index is 1.26. The monoisotopic (exact) mass is 661 g/mol. The molecule has 3 heteroatoms. The van der Waals surface area contributed by atoms with Gasteiger partial charge in [-0.25, -0.2) is 0 Å². The summed E-state index contributed by atoms with van der Waals surface area (Å²) in [5.41, 5.74) is 1.45. The van der Waals surface area contributed by atoms with Gasteiger partial charge in [-0.1, -0.05) is 115 Å². The van der Waals surface area contributed by atoms with Crippen molar-refractivity contribution in [1.29, 1.82) is 0 Å². The fraction of sp³-hybridized carbons (Fsp3) is 0.756. The van der Waals surface area contributed by atoms with Crippen molar-refractivity contribution in [3.05, 3.63) is 59.9 Å². The smallest absolute Gasteiger partial charge is 0.310 e. The van der Waals surface area contributed by atoms with Gasteiger partial charge in [0, 0.05) is 11.8 Å². The molecule has 1 N–H and O–H groups in total. The zero-order valence-corrected chi connectivity index (χ0v) is 31.9. The topological polar surface area (TPSA) is 46.5 Å². The molecule has 0 aromatic heterocycles. The Kier molecular flexibility index (Phi) is 15.4. The highest BCUT2D eigenvalue weighted by molar-refractivity contribution is 5.71. The lowest BCUT2D eigenvalue weighted by Gasteiger charge is -2.58. The molecular weight excluding hydrogens is 588 g/mol. The SMILES string of the molecule is CCCCC/C=C\C/C=C\C/C=C\CCCCC(=O)OC1=C[C@@H](O)CC2=CC[C@@H]3[C@H](CC[C@]4(C)[C@@H]([C@H](C)CCCC(C)C)CC[C@@H]34)[C@]21C. The van der Waals surface area contributed by atoms with Crippen LogP contribution in [-0.4, -0.2) is 17.2 Å². The zero-order valence-electron chi connectivity index (χ0n) is 31.9. The lowest BCUT2D eigenvalue weighted by atomic mass is 9.47. The third kappa shape index (κ3) is 9.88. The van der Waals surface area contributed by atoms with E-state index in [1.165, 1.54) is 76.2 Å². The van der Waals surface area contributed by atoms with Crippen LogP contribution in [0.1, 0.15) is 164 Å². The van der Waals surface area contributed by atoms with E-state index in [0.29, 0.717) is 30.1 Å². The summed E-state index contributed by atoms with van der Waals surface area (Å²) in [5.74, 6) is 4.90. The fourth-order valence-corrected chi connectivity index (χ4v) is 10.5. The first-order chi connectivity index (χ1) is 23.1. The Morgan fingerprint density at radius 1 is 0.896 bits per heavy atom. The van der Waals surface area contributed by atoms with Gasteiger partial charge in [0.2, 0.25) is 0 Å². The van der Waals surface area contributed by atoms with E-state index in [1.807, 2.05) is 6.08 Å². The Morgan fingerprint density at radius 3 is 2.27 bits per heavy atom. The van der Waals surface area contributed by atoms with Crippen LogP contribution < -0.4 is 0 Å². The van der Waals surface area contributed by atoms with Crippen LogP contribution >= 0.6 is 0 Å². The summed E-state index contributed by atoms with van der Waals surface area (Å²) in [6.45, 7) is 14.5. The molecule has 8 atom stereocenters. The zero-order chi connectivity index (χ0) is 34.6. The Morgan fingerprint density at radius 2 is 1.58 bits per heavy atom. The average molecular weight is 661 g/mol. The number of ether oxygens (including phenoxy) is 1. The van der Waals surface area contributed by atoms with Gasteiger partial charge in [0.05, 0.1) is 6.10 Å². The Hall–Kier alpha value is -1.87. The van der Waals surface area contributed by atoms with Gasteiger partial charge in [0.25, 0.3) is 0 Å². The van der Waals surface area contributed by atoms with E-state index in [9.17, 15) is 9.90 Å². The number of rotatable bonds is 19. The molecule has 0 heterocycles. The highest BCUT2D eigenvalue weighted by atomic mass is 16.5. The maximum absolute atomic E-state index is 13.2. The van der Waals surface area contributed by atoms with Crippen molar-refractivity contribution in [2.75, 3.05) is 0 Å². The van der Waals surface area contributed by atoms with E-state index in [4.69, 9.17) is 4.74 Å². The van der Waals surface area contributed by atoms with Gasteiger partial charge in [0.1, 0.15) is 5.76 Å². The number of fused-ring (bicyclic) bond motifs is 5. The molecule has 4 aliphatic carbocycles. The molecule has 2 saturated carbocycles. The Bertz CT molecular complexity index is 1150. The quantitative estimate of drug-likeness (QED) is 0.0852. The van der Waals surface area contributed by atoms with Crippen molar-refractivity contribution < 1.29 is 14.6 Å². The standard InChI is InChI=1S/C45H72O3/c1-7-8-9-10-11-12-13-14-15-16-17-18-19-20-21-25-43(47)48-42-33-37(46)32-36-26-27-38-40-29-28-39(35(4)24-22-23-34(2)3)44(40,5)31-30-41(38)45(36,42)6/h11-12,14-15,17-18,26,33-35,37-41,46H,7-10,13,16,19-25,27-32H2,1-6H3/b12-11-,15-14-,18-17-/t35-,37+,38+,39-,40+,41+,44-,45+/m1/s1. The first-order valence-electron chi connectivity index (χ1n) is 20.4. The fourth-order valence-electron chi connectivity index (χ4n) is 10.5. The number of carbonyl (C=O) groups is 1. The van der Waals surface area contributed by atoms with Crippen molar-refractivity contribution in [3.8, 4) is 0 Å². The molecule has 0 radical (unpaired) electrons. The lowest BCUT2D eigenvalue weighted by Crippen LogP contribution is -2.51. The first kappa shape index (κ1) is 38.9. The molecule has 4 aliphatic rings. The minimum atomic E-state index is -0.568. The summed E-state index contributed by atoms with van der Waals surface area (Å²) in [6, 6.07) is 0. The minimum Gasteiger partial charge on any atom is -0.430 e. The number of aliphatic hydroxyl groups is 1. The minimum absolute atomic E-state index is 0.135. The van der Waals surface area contributed by atoms with Crippen LogP contribution in [-0.2, 0) is 9.53 Å². The molecule has 0 aromatic carbocycles. The highest BCUT2D eigenvalue weighted by Gasteiger charge is 2.60. The van der Waals surface area contributed by atoms with E-state index >= 15 is 0 Å². The van der Waals surface area contributed by atoms with Crippen LogP contribution in [0.25, 0.3) is 0 Å². The number of aliphatic hydroxyl groups excluding tert-OH is 1. The third-order valence-electron chi connectivity index (χ3n) is 13.2. The predicted octanol–water partition coefficient (Wildman–Crippen LogP) is 12.6. The summed E-state index contributed by atoms with van der Waals surface area (Å²) < 4.78 is 6.25. The van der Waals surface area contributed by atoms with Crippen molar-refractivity contribution in [1.82, 2.24) is 0 Å². The summed E-state index contributed by atoms with van der Waals surface area (Å²) in [4.78, 5) is 13.2. The molecule has 0 unspecified atom stereocenters. The second kappa shape index (κ2) is 18.9. The van der Waals surface area contributed by atoms with Crippen molar-refractivity contribution in [3.63, 3.8) is 0 Å². The number of hydrogen-bond donors (Lipinski definition) is 1. The average Bonchev–Trinajstić information content (AvgIpc) is 3.40. The number of carbonyl (C=O) groups excluding carboxylic acids is 1. The van der Waals surface area contributed by atoms with Gasteiger partial charge in [-0.15, -0.1) is 0 Å². The van der Waals surface area contributed by atoms with Crippen LogP contribution in [0.15, 0.2) is 59.9 Å². The van der Waals surface area contributed by atoms with Gasteiger partial charge in [-0.05, 0) is 137 Å². The Labute approximate surface area is 295 Å². The summed E-state index contributed by atoms with van der Waals surface area (Å²) in [6.07, 6.45) is 38.7. The molecule has 0 aromatic rings. The molecule has 3 nitrogen and oxygen atoms in total. The molecule has 0 aliphatic heterocycles. The van der Waals surface area contributed by atoms with Crippen LogP contribution in [0.5, 0.6) is 0 Å². The first-order valence-corrected chi connectivity index (χ1v) is 20.4. The van der Waals surface area contributed by atoms with Crippen molar-refractivity contribution >= 4 is 5.97 Å². The van der Waals surface area contributed by atoms with E-state index in [0.717, 1.165) is 68.0 Å². The van der Waals surface area contributed by atoms with Crippen LogP contribution in [0.4, 0.5) is 0 Å². The van der Waals surface area contributed by atoms with Gasteiger partial charge < -0.3 is 9.84 Å². The van der Waals surface area contributed by atoms with Crippen molar-refractivity contribution in [2.45, 2.75) is 170 Å².